The van der Waals surface area contributed by atoms with Crippen LogP contribution in [0.1, 0.15) is 104 Å². The second kappa shape index (κ2) is 14.7. The smallest absolute Gasteiger partial charge is 0.163 e. The van der Waals surface area contributed by atoms with Crippen LogP contribution in [0.25, 0.3) is 11.1 Å². The summed E-state index contributed by atoms with van der Waals surface area (Å²) in [6, 6.07) is 22.0. The molecule has 4 rings (SSSR count). The normalized spacial score (nSPS) is 16.1. The molecular weight excluding hydrogens is 516 g/mol. The highest BCUT2D eigenvalue weighted by molar-refractivity contribution is 6.02. The molecule has 1 aliphatic carbocycles. The number of benzene rings is 3. The molecule has 0 aliphatic heterocycles. The van der Waals surface area contributed by atoms with Crippen LogP contribution in [0.4, 0.5) is 0 Å². The predicted octanol–water partition coefficient (Wildman–Crippen LogP) is 9.27. The molecule has 222 valence electrons. The summed E-state index contributed by atoms with van der Waals surface area (Å²) >= 11 is 0. The van der Waals surface area contributed by atoms with Gasteiger partial charge in [0.05, 0.1) is 6.42 Å². The minimum absolute atomic E-state index is 0.0242. The molecule has 0 saturated carbocycles. The summed E-state index contributed by atoms with van der Waals surface area (Å²) in [6.45, 7) is 9.90. The van der Waals surface area contributed by atoms with Crippen molar-refractivity contribution in [3.63, 3.8) is 0 Å². The summed E-state index contributed by atoms with van der Waals surface area (Å²) in [7, 11) is 0. The van der Waals surface area contributed by atoms with Gasteiger partial charge in [-0.2, -0.15) is 0 Å². The largest absolute Gasteiger partial charge is 0.300 e. The van der Waals surface area contributed by atoms with E-state index in [2.05, 4.69) is 81.4 Å². The molecule has 0 amide bonds. The third-order valence-electron chi connectivity index (χ3n) is 9.19. The van der Waals surface area contributed by atoms with Gasteiger partial charge in [0.15, 0.2) is 5.78 Å². The molecule has 0 radical (unpaired) electrons. The molecule has 3 atom stereocenters. The number of carbonyl (C=O) groups is 3. The molecule has 0 saturated heterocycles. The van der Waals surface area contributed by atoms with Gasteiger partial charge in [0.1, 0.15) is 11.6 Å². The molecule has 3 unspecified atom stereocenters. The molecule has 0 heterocycles. The maximum absolute atomic E-state index is 13.6. The van der Waals surface area contributed by atoms with Gasteiger partial charge in [-0.25, -0.2) is 0 Å². The maximum atomic E-state index is 13.6. The van der Waals surface area contributed by atoms with Crippen LogP contribution >= 0.6 is 0 Å². The third-order valence-corrected chi connectivity index (χ3v) is 9.19. The third kappa shape index (κ3) is 7.94. The molecule has 3 aromatic rings. The Morgan fingerprint density at radius 2 is 1.64 bits per heavy atom. The van der Waals surface area contributed by atoms with Crippen LogP contribution in [0.2, 0.25) is 0 Å². The zero-order chi connectivity index (χ0) is 30.2. The lowest BCUT2D eigenvalue weighted by Gasteiger charge is -2.32. The van der Waals surface area contributed by atoms with E-state index in [1.165, 1.54) is 29.2 Å². The summed E-state index contributed by atoms with van der Waals surface area (Å²) < 4.78 is 0. The Bertz CT molecular complexity index is 1400. The minimum atomic E-state index is -0.110. The molecule has 3 aromatic carbocycles. The van der Waals surface area contributed by atoms with E-state index in [4.69, 9.17) is 0 Å². The van der Waals surface area contributed by atoms with E-state index in [1.807, 2.05) is 6.92 Å². The second-order valence-electron chi connectivity index (χ2n) is 12.7. The average Bonchev–Trinajstić information content (AvgIpc) is 2.94. The van der Waals surface area contributed by atoms with Crippen LogP contribution in [0.5, 0.6) is 0 Å². The zero-order valence-corrected chi connectivity index (χ0v) is 26.3. The van der Waals surface area contributed by atoms with Gasteiger partial charge in [0.2, 0.25) is 0 Å². The molecular formula is C39H48O3. The molecule has 3 nitrogen and oxygen atoms in total. The molecule has 1 aliphatic rings. The number of rotatable bonds is 14. The molecule has 0 fully saturated rings. The van der Waals surface area contributed by atoms with Gasteiger partial charge < -0.3 is 0 Å². The quantitative estimate of drug-likeness (QED) is 0.183. The Morgan fingerprint density at radius 3 is 2.31 bits per heavy atom. The molecule has 0 bridgehead atoms. The highest BCUT2D eigenvalue weighted by Crippen LogP contribution is 2.40. The zero-order valence-electron chi connectivity index (χ0n) is 26.3. The van der Waals surface area contributed by atoms with Gasteiger partial charge in [0, 0.05) is 17.9 Å². The van der Waals surface area contributed by atoms with Crippen molar-refractivity contribution >= 4 is 17.3 Å². The fourth-order valence-electron chi connectivity index (χ4n) is 7.23. The predicted molar refractivity (Wildman–Crippen MR) is 173 cm³/mol. The summed E-state index contributed by atoms with van der Waals surface area (Å²) in [5, 5.41) is 0. The van der Waals surface area contributed by atoms with Crippen molar-refractivity contribution in [1.29, 1.82) is 0 Å². The molecule has 0 aromatic heterocycles. The number of carbonyl (C=O) groups excluding carboxylic acids is 3. The van der Waals surface area contributed by atoms with E-state index >= 15 is 0 Å². The summed E-state index contributed by atoms with van der Waals surface area (Å²) in [4.78, 5) is 38.2. The van der Waals surface area contributed by atoms with E-state index in [9.17, 15) is 14.4 Å². The van der Waals surface area contributed by atoms with E-state index in [-0.39, 0.29) is 41.5 Å². The number of Topliss-reactive ketones (excluding diaryl/α,β-unsaturated/α-hetero) is 3. The lowest BCUT2D eigenvalue weighted by molar-refractivity contribution is -0.129. The van der Waals surface area contributed by atoms with E-state index in [0.717, 1.165) is 73.6 Å². The fourth-order valence-corrected chi connectivity index (χ4v) is 7.23. The molecule has 42 heavy (non-hydrogen) atoms. The van der Waals surface area contributed by atoms with E-state index in [0.29, 0.717) is 6.42 Å². The van der Waals surface area contributed by atoms with Crippen LogP contribution in [-0.2, 0) is 28.9 Å². The van der Waals surface area contributed by atoms with Crippen molar-refractivity contribution in [2.24, 2.45) is 17.8 Å². The van der Waals surface area contributed by atoms with Crippen molar-refractivity contribution in [3.8, 4) is 11.1 Å². The van der Waals surface area contributed by atoms with Crippen LogP contribution in [-0.4, -0.2) is 17.3 Å². The van der Waals surface area contributed by atoms with Gasteiger partial charge in [-0.1, -0.05) is 92.9 Å². The van der Waals surface area contributed by atoms with Crippen molar-refractivity contribution < 1.29 is 14.4 Å². The molecule has 0 spiro atoms. The Labute approximate surface area is 253 Å². The first kappa shape index (κ1) is 31.6. The van der Waals surface area contributed by atoms with Gasteiger partial charge in [-0.05, 0) is 105 Å². The van der Waals surface area contributed by atoms with Gasteiger partial charge >= 0.3 is 0 Å². The Balaban J connectivity index is 1.51. The first-order valence-electron chi connectivity index (χ1n) is 16.0. The average molecular weight is 565 g/mol. The summed E-state index contributed by atoms with van der Waals surface area (Å²) in [5.41, 5.74) is 9.49. The number of hydrogen-bond donors (Lipinski definition) is 0. The Kier molecular flexibility index (Phi) is 11.1. The molecule has 0 N–H and O–H groups in total. The highest BCUT2D eigenvalue weighted by atomic mass is 16.1. The fraction of sp³-hybridized carbons (Fsp3) is 0.462. The Hall–Kier alpha value is -3.33. The first-order valence-corrected chi connectivity index (χ1v) is 16.0. The van der Waals surface area contributed by atoms with Gasteiger partial charge in [-0.15, -0.1) is 0 Å². The number of ketones is 3. The monoisotopic (exact) mass is 564 g/mol. The molecule has 3 heteroatoms. The van der Waals surface area contributed by atoms with Crippen molar-refractivity contribution in [2.75, 3.05) is 0 Å². The number of hydrogen-bond acceptors (Lipinski definition) is 3. The van der Waals surface area contributed by atoms with Crippen LogP contribution in [0, 0.1) is 31.6 Å². The number of aryl methyl sites for hydroxylation is 4. The summed E-state index contributed by atoms with van der Waals surface area (Å²) in [6.07, 6.45) is 8.20. The Morgan fingerprint density at radius 1 is 0.905 bits per heavy atom. The standard InChI is InChI=1S/C39H48O3/c1-6-10-33(34(7-2)37(41)22-28(5)40)23-31-24-36-35(20-15-27(4)39(36)38(42)25-31)32-18-16-29(17-19-32)12-9-14-30-13-8-11-26(3)21-30/h8,11,13,15-21,31,33-34H,6-7,9-10,12,14,22-25H2,1-5H3. The van der Waals surface area contributed by atoms with Gasteiger partial charge in [-0.3, -0.25) is 14.4 Å². The van der Waals surface area contributed by atoms with Crippen LogP contribution < -0.4 is 0 Å². The van der Waals surface area contributed by atoms with Crippen molar-refractivity contribution in [3.05, 3.63) is 94.0 Å². The summed E-state index contributed by atoms with van der Waals surface area (Å²) in [5.74, 6) is 0.544. The topological polar surface area (TPSA) is 51.2 Å². The minimum Gasteiger partial charge on any atom is -0.300 e. The van der Waals surface area contributed by atoms with Crippen LogP contribution in [0.3, 0.4) is 0 Å². The first-order chi connectivity index (χ1) is 20.2. The van der Waals surface area contributed by atoms with E-state index in [1.54, 1.807) is 0 Å². The van der Waals surface area contributed by atoms with Crippen molar-refractivity contribution in [2.45, 2.75) is 98.8 Å². The number of fused-ring (bicyclic) bond motifs is 1. The second-order valence-corrected chi connectivity index (χ2v) is 12.7. The lowest BCUT2D eigenvalue weighted by Crippen LogP contribution is -2.30. The lowest BCUT2D eigenvalue weighted by atomic mass is 9.71. The van der Waals surface area contributed by atoms with Gasteiger partial charge in [0.25, 0.3) is 0 Å². The SMILES string of the molecule is CCCC(CC1CC(=O)c2c(C)ccc(-c3ccc(CCCc4cccc(C)c4)cc3)c2C1)C(CC)C(=O)CC(C)=O. The van der Waals surface area contributed by atoms with Crippen LogP contribution in [0.15, 0.2) is 60.7 Å². The maximum Gasteiger partial charge on any atom is 0.163 e. The van der Waals surface area contributed by atoms with Crippen molar-refractivity contribution in [1.82, 2.24) is 0 Å². The highest BCUT2D eigenvalue weighted by Gasteiger charge is 2.34. The van der Waals surface area contributed by atoms with E-state index < -0.39 is 0 Å².